The van der Waals surface area contributed by atoms with Gasteiger partial charge >= 0.3 is 0 Å². The van der Waals surface area contributed by atoms with Crippen LogP contribution < -0.4 is 5.32 Å². The number of benzene rings is 1. The van der Waals surface area contributed by atoms with Crippen molar-refractivity contribution < 1.29 is 9.90 Å². The van der Waals surface area contributed by atoms with Crippen LogP contribution in [0.3, 0.4) is 0 Å². The van der Waals surface area contributed by atoms with E-state index < -0.39 is 0 Å². The van der Waals surface area contributed by atoms with Crippen molar-refractivity contribution in [2.45, 2.75) is 44.8 Å². The highest BCUT2D eigenvalue weighted by Crippen LogP contribution is 2.20. The molecule has 1 fully saturated rings. The Kier molecular flexibility index (Phi) is 6.21. The van der Waals surface area contributed by atoms with Gasteiger partial charge in [0.05, 0.1) is 12.6 Å². The second kappa shape index (κ2) is 8.15. The van der Waals surface area contributed by atoms with Crippen molar-refractivity contribution in [3.8, 4) is 0 Å². The van der Waals surface area contributed by atoms with Crippen molar-refractivity contribution in [3.05, 3.63) is 35.9 Å². The summed E-state index contributed by atoms with van der Waals surface area (Å²) in [5.41, 5.74) is 1.24. The first-order chi connectivity index (χ1) is 10.1. The molecule has 1 aliphatic heterocycles. The molecule has 1 amide bonds. The summed E-state index contributed by atoms with van der Waals surface area (Å²) in [4.78, 5) is 14.2. The SMILES string of the molecule is CC(O)CC1CCCN1CC(=O)NCCc1ccccc1. The third-order valence-corrected chi connectivity index (χ3v) is 4.04. The summed E-state index contributed by atoms with van der Waals surface area (Å²) >= 11 is 0. The predicted octanol–water partition coefficient (Wildman–Crippen LogP) is 1.58. The Morgan fingerprint density at radius 3 is 2.90 bits per heavy atom. The van der Waals surface area contributed by atoms with Crippen molar-refractivity contribution in [3.63, 3.8) is 0 Å². The minimum atomic E-state index is -0.295. The van der Waals surface area contributed by atoms with Crippen molar-refractivity contribution in [1.82, 2.24) is 10.2 Å². The number of carbonyl (C=O) groups is 1. The molecule has 0 bridgehead atoms. The molecule has 1 saturated heterocycles. The average molecular weight is 290 g/mol. The highest BCUT2D eigenvalue weighted by molar-refractivity contribution is 5.78. The molecule has 0 spiro atoms. The molecular weight excluding hydrogens is 264 g/mol. The number of rotatable bonds is 7. The Labute approximate surface area is 127 Å². The van der Waals surface area contributed by atoms with Crippen LogP contribution in [0.2, 0.25) is 0 Å². The van der Waals surface area contributed by atoms with Gasteiger partial charge in [-0.1, -0.05) is 30.3 Å². The number of aliphatic hydroxyl groups excluding tert-OH is 1. The van der Waals surface area contributed by atoms with Crippen LogP contribution in [0.1, 0.15) is 31.7 Å². The lowest BCUT2D eigenvalue weighted by Gasteiger charge is -2.24. The van der Waals surface area contributed by atoms with Crippen molar-refractivity contribution in [2.24, 2.45) is 0 Å². The molecule has 0 aromatic heterocycles. The van der Waals surface area contributed by atoms with Crippen molar-refractivity contribution >= 4 is 5.91 Å². The maximum atomic E-state index is 12.0. The van der Waals surface area contributed by atoms with E-state index >= 15 is 0 Å². The third kappa shape index (κ3) is 5.48. The number of hydrogen-bond donors (Lipinski definition) is 2. The Morgan fingerprint density at radius 2 is 2.19 bits per heavy atom. The van der Waals surface area contributed by atoms with Gasteiger partial charge in [-0.05, 0) is 44.7 Å². The van der Waals surface area contributed by atoms with E-state index in [4.69, 9.17) is 0 Å². The molecule has 1 aromatic carbocycles. The Balaban J connectivity index is 1.69. The van der Waals surface area contributed by atoms with E-state index in [1.165, 1.54) is 5.56 Å². The zero-order chi connectivity index (χ0) is 15.1. The molecular formula is C17H26N2O2. The molecule has 0 aliphatic carbocycles. The summed E-state index contributed by atoms with van der Waals surface area (Å²) < 4.78 is 0. The summed E-state index contributed by atoms with van der Waals surface area (Å²) in [6.45, 7) is 3.91. The molecule has 1 aromatic rings. The Bertz CT molecular complexity index is 434. The second-order valence-corrected chi connectivity index (χ2v) is 5.94. The quantitative estimate of drug-likeness (QED) is 0.801. The van der Waals surface area contributed by atoms with E-state index in [2.05, 4.69) is 22.3 Å². The van der Waals surface area contributed by atoms with Gasteiger partial charge in [-0.3, -0.25) is 9.69 Å². The largest absolute Gasteiger partial charge is 0.393 e. The molecule has 2 N–H and O–H groups in total. The Morgan fingerprint density at radius 1 is 1.43 bits per heavy atom. The molecule has 1 heterocycles. The van der Waals surface area contributed by atoms with Gasteiger partial charge in [0.2, 0.25) is 5.91 Å². The fourth-order valence-electron chi connectivity index (χ4n) is 3.00. The van der Waals surface area contributed by atoms with E-state index in [-0.39, 0.29) is 12.0 Å². The number of likely N-dealkylation sites (tertiary alicyclic amines) is 1. The number of carbonyl (C=O) groups excluding carboxylic acids is 1. The molecule has 21 heavy (non-hydrogen) atoms. The van der Waals surface area contributed by atoms with E-state index in [1.807, 2.05) is 25.1 Å². The molecule has 0 saturated carbocycles. The fourth-order valence-corrected chi connectivity index (χ4v) is 3.00. The predicted molar refractivity (Wildman–Crippen MR) is 84.0 cm³/mol. The zero-order valence-electron chi connectivity index (χ0n) is 12.8. The van der Waals surface area contributed by atoms with Crippen LogP contribution in [0.4, 0.5) is 0 Å². The minimum absolute atomic E-state index is 0.0865. The normalized spacial score (nSPS) is 20.4. The molecule has 1 aliphatic rings. The monoisotopic (exact) mass is 290 g/mol. The maximum Gasteiger partial charge on any atom is 0.234 e. The van der Waals surface area contributed by atoms with Crippen LogP contribution in [0.5, 0.6) is 0 Å². The van der Waals surface area contributed by atoms with E-state index in [9.17, 15) is 9.90 Å². The van der Waals surface area contributed by atoms with Crippen LogP contribution in [-0.2, 0) is 11.2 Å². The summed E-state index contributed by atoms with van der Waals surface area (Å²) in [5.74, 6) is 0.0865. The van der Waals surface area contributed by atoms with Gasteiger partial charge in [0, 0.05) is 12.6 Å². The number of hydrogen-bond acceptors (Lipinski definition) is 3. The first-order valence-corrected chi connectivity index (χ1v) is 7.88. The smallest absolute Gasteiger partial charge is 0.234 e. The third-order valence-electron chi connectivity index (χ3n) is 4.04. The number of nitrogens with one attached hydrogen (secondary N) is 1. The van der Waals surface area contributed by atoms with Gasteiger partial charge in [-0.2, -0.15) is 0 Å². The van der Waals surface area contributed by atoms with Crippen LogP contribution in [-0.4, -0.2) is 47.7 Å². The molecule has 2 rings (SSSR count). The average Bonchev–Trinajstić information content (AvgIpc) is 2.86. The molecule has 2 atom stereocenters. The van der Waals surface area contributed by atoms with Crippen LogP contribution in [0, 0.1) is 0 Å². The summed E-state index contributed by atoms with van der Waals surface area (Å²) in [7, 11) is 0. The molecule has 4 nitrogen and oxygen atoms in total. The zero-order valence-corrected chi connectivity index (χ0v) is 12.8. The van der Waals surface area contributed by atoms with Crippen LogP contribution >= 0.6 is 0 Å². The van der Waals surface area contributed by atoms with Crippen LogP contribution in [0.15, 0.2) is 30.3 Å². The molecule has 116 valence electrons. The number of amides is 1. The van der Waals surface area contributed by atoms with E-state index in [0.717, 1.165) is 32.2 Å². The van der Waals surface area contributed by atoms with Crippen LogP contribution in [0.25, 0.3) is 0 Å². The number of aliphatic hydroxyl groups is 1. The summed E-state index contributed by atoms with van der Waals surface area (Å²) in [6.07, 6.45) is 3.54. The standard InChI is InChI=1S/C17H26N2O2/c1-14(20)12-16-8-5-11-19(16)13-17(21)18-10-9-15-6-3-2-4-7-15/h2-4,6-7,14,16,20H,5,8-13H2,1H3,(H,18,21). The highest BCUT2D eigenvalue weighted by atomic mass is 16.3. The highest BCUT2D eigenvalue weighted by Gasteiger charge is 2.26. The van der Waals surface area contributed by atoms with E-state index in [1.54, 1.807) is 0 Å². The first kappa shape index (κ1) is 16.0. The first-order valence-electron chi connectivity index (χ1n) is 7.88. The molecule has 2 unspecified atom stereocenters. The molecule has 0 radical (unpaired) electrons. The van der Waals surface area contributed by atoms with Gasteiger partial charge in [-0.15, -0.1) is 0 Å². The lowest BCUT2D eigenvalue weighted by atomic mass is 10.1. The topological polar surface area (TPSA) is 52.6 Å². The van der Waals surface area contributed by atoms with Gasteiger partial charge < -0.3 is 10.4 Å². The fraction of sp³-hybridized carbons (Fsp3) is 0.588. The van der Waals surface area contributed by atoms with Crippen molar-refractivity contribution in [2.75, 3.05) is 19.6 Å². The lowest BCUT2D eigenvalue weighted by Crippen LogP contribution is -2.41. The van der Waals surface area contributed by atoms with Crippen molar-refractivity contribution in [1.29, 1.82) is 0 Å². The lowest BCUT2D eigenvalue weighted by molar-refractivity contribution is -0.122. The second-order valence-electron chi connectivity index (χ2n) is 5.94. The Hall–Kier alpha value is -1.39. The number of nitrogens with zero attached hydrogens (tertiary/aromatic N) is 1. The van der Waals surface area contributed by atoms with Gasteiger partial charge in [-0.25, -0.2) is 0 Å². The van der Waals surface area contributed by atoms with Gasteiger partial charge in [0.15, 0.2) is 0 Å². The minimum Gasteiger partial charge on any atom is -0.393 e. The van der Waals surface area contributed by atoms with Gasteiger partial charge in [0.1, 0.15) is 0 Å². The summed E-state index contributed by atoms with van der Waals surface area (Å²) in [5, 5.41) is 12.5. The maximum absolute atomic E-state index is 12.0. The van der Waals surface area contributed by atoms with Gasteiger partial charge in [0.25, 0.3) is 0 Å². The summed E-state index contributed by atoms with van der Waals surface area (Å²) in [6, 6.07) is 10.5. The van der Waals surface area contributed by atoms with E-state index in [0.29, 0.717) is 19.1 Å². The molecule has 4 heteroatoms.